The van der Waals surface area contributed by atoms with E-state index in [0.29, 0.717) is 18.1 Å². The number of pyridine rings is 2. The van der Waals surface area contributed by atoms with Crippen LogP contribution < -0.4 is 15.1 Å². The number of hydrogen-bond donors (Lipinski definition) is 1. The number of hydrogen-bond acceptors (Lipinski definition) is 7. The second-order valence-electron chi connectivity index (χ2n) is 9.55. The SMILES string of the molecule is CC(C)(C)OC(=O)N1CCCN(c2ccncc2Cl)CC1.Clc1cnccc1N1CCCNCC1. The van der Waals surface area contributed by atoms with E-state index in [2.05, 4.69) is 25.1 Å². The number of halogens is 2. The molecule has 4 rings (SSSR count). The first-order chi connectivity index (χ1) is 16.7. The van der Waals surface area contributed by atoms with Crippen molar-refractivity contribution in [2.75, 3.05) is 62.2 Å². The van der Waals surface area contributed by atoms with Crippen LogP contribution in [0.3, 0.4) is 0 Å². The van der Waals surface area contributed by atoms with Gasteiger partial charge in [0.05, 0.1) is 21.4 Å². The lowest BCUT2D eigenvalue weighted by Gasteiger charge is -2.27. The van der Waals surface area contributed by atoms with Gasteiger partial charge in [-0.1, -0.05) is 23.2 Å². The molecule has 2 aromatic heterocycles. The molecule has 0 radical (unpaired) electrons. The molecule has 0 atom stereocenters. The van der Waals surface area contributed by atoms with Crippen LogP contribution in [0.15, 0.2) is 36.9 Å². The number of anilines is 2. The van der Waals surface area contributed by atoms with Crippen molar-refractivity contribution in [1.29, 1.82) is 0 Å². The normalized spacial score (nSPS) is 17.1. The molecule has 0 bridgehead atoms. The quantitative estimate of drug-likeness (QED) is 0.611. The summed E-state index contributed by atoms with van der Waals surface area (Å²) in [5.74, 6) is 0. The number of nitrogens with zero attached hydrogens (tertiary/aromatic N) is 5. The molecule has 0 spiro atoms. The lowest BCUT2D eigenvalue weighted by molar-refractivity contribution is 0.0263. The van der Waals surface area contributed by atoms with E-state index in [1.54, 1.807) is 29.7 Å². The van der Waals surface area contributed by atoms with Crippen molar-refractivity contribution in [2.24, 2.45) is 0 Å². The summed E-state index contributed by atoms with van der Waals surface area (Å²) < 4.78 is 5.43. The maximum Gasteiger partial charge on any atom is 0.410 e. The molecule has 0 aromatic carbocycles. The molecule has 10 heteroatoms. The number of ether oxygens (including phenoxy) is 1. The summed E-state index contributed by atoms with van der Waals surface area (Å²) in [7, 11) is 0. The van der Waals surface area contributed by atoms with Crippen LogP contribution in [0.25, 0.3) is 0 Å². The van der Waals surface area contributed by atoms with Crippen LogP contribution in [-0.4, -0.2) is 78.9 Å². The van der Waals surface area contributed by atoms with Crippen LogP contribution in [0.2, 0.25) is 10.0 Å². The first-order valence-corrected chi connectivity index (χ1v) is 12.9. The van der Waals surface area contributed by atoms with E-state index in [1.165, 1.54) is 6.42 Å². The lowest BCUT2D eigenvalue weighted by Crippen LogP contribution is -2.39. The summed E-state index contributed by atoms with van der Waals surface area (Å²) in [6.45, 7) is 12.8. The zero-order chi connectivity index (χ0) is 25.3. The fourth-order valence-corrected chi connectivity index (χ4v) is 4.48. The highest BCUT2D eigenvalue weighted by atomic mass is 35.5. The van der Waals surface area contributed by atoms with Crippen LogP contribution in [0.4, 0.5) is 16.2 Å². The summed E-state index contributed by atoms with van der Waals surface area (Å²) in [6.07, 6.45) is 8.68. The molecule has 1 N–H and O–H groups in total. The van der Waals surface area contributed by atoms with Gasteiger partial charge in [-0.3, -0.25) is 9.97 Å². The van der Waals surface area contributed by atoms with Crippen molar-refractivity contribution in [1.82, 2.24) is 20.2 Å². The topological polar surface area (TPSA) is 73.8 Å². The Morgan fingerprint density at radius 1 is 0.857 bits per heavy atom. The Morgan fingerprint density at radius 2 is 1.46 bits per heavy atom. The molecule has 35 heavy (non-hydrogen) atoms. The third kappa shape index (κ3) is 8.70. The minimum absolute atomic E-state index is 0.245. The number of rotatable bonds is 2. The Kier molecular flexibility index (Phi) is 10.2. The molecular formula is C25H36Cl2N6O2. The van der Waals surface area contributed by atoms with Crippen LogP contribution >= 0.6 is 23.2 Å². The molecular weight excluding hydrogens is 487 g/mol. The number of carbonyl (C=O) groups excluding carboxylic acids is 1. The molecule has 0 unspecified atom stereocenters. The molecule has 192 valence electrons. The van der Waals surface area contributed by atoms with Crippen LogP contribution in [0.5, 0.6) is 0 Å². The van der Waals surface area contributed by atoms with Crippen LogP contribution in [0, 0.1) is 0 Å². The summed E-state index contributed by atoms with van der Waals surface area (Å²) in [4.78, 5) is 26.4. The van der Waals surface area contributed by atoms with Gasteiger partial charge in [-0.25, -0.2) is 4.79 Å². The molecule has 2 saturated heterocycles. The Bertz CT molecular complexity index is 948. The van der Waals surface area contributed by atoms with Crippen LogP contribution in [-0.2, 0) is 4.74 Å². The van der Waals surface area contributed by atoms with E-state index in [0.717, 1.165) is 62.1 Å². The molecule has 0 saturated carbocycles. The molecule has 4 heterocycles. The summed E-state index contributed by atoms with van der Waals surface area (Å²) >= 11 is 12.3. The highest BCUT2D eigenvalue weighted by molar-refractivity contribution is 6.33. The smallest absolute Gasteiger partial charge is 0.410 e. The van der Waals surface area contributed by atoms with E-state index in [1.807, 2.05) is 32.9 Å². The fourth-order valence-electron chi connectivity index (χ4n) is 4.00. The number of nitrogens with one attached hydrogen (secondary N) is 1. The van der Waals surface area contributed by atoms with Gasteiger partial charge in [0.1, 0.15) is 5.60 Å². The maximum atomic E-state index is 12.1. The molecule has 8 nitrogen and oxygen atoms in total. The molecule has 2 aliphatic heterocycles. The Hall–Kier alpha value is -2.29. The van der Waals surface area contributed by atoms with Gasteiger partial charge in [-0.15, -0.1) is 0 Å². The van der Waals surface area contributed by atoms with Gasteiger partial charge in [-0.2, -0.15) is 0 Å². The van der Waals surface area contributed by atoms with Crippen LogP contribution in [0.1, 0.15) is 33.6 Å². The minimum Gasteiger partial charge on any atom is -0.444 e. The molecule has 2 aromatic rings. The Morgan fingerprint density at radius 3 is 2.06 bits per heavy atom. The Labute approximate surface area is 218 Å². The third-order valence-corrected chi connectivity index (χ3v) is 6.25. The molecule has 2 aliphatic rings. The number of carbonyl (C=O) groups is 1. The molecule has 1 amide bonds. The van der Waals surface area contributed by atoms with Gasteiger partial charge in [-0.05, 0) is 52.3 Å². The van der Waals surface area contributed by atoms with Crippen molar-refractivity contribution in [3.05, 3.63) is 47.0 Å². The monoisotopic (exact) mass is 522 g/mol. The van der Waals surface area contributed by atoms with E-state index >= 15 is 0 Å². The van der Waals surface area contributed by atoms with E-state index < -0.39 is 5.60 Å². The predicted molar refractivity (Wildman–Crippen MR) is 143 cm³/mol. The maximum absolute atomic E-state index is 12.1. The standard InChI is InChI=1S/C15H22ClN3O2.C10H14ClN3/c1-15(2,3)21-14(20)19-8-4-7-18(9-10-19)13-5-6-17-11-12(13)16;11-9-8-13-4-2-10(9)14-6-1-3-12-5-7-14/h5-6,11H,4,7-10H2,1-3H3;2,4,8,12H,1,3,5-7H2. The first-order valence-electron chi connectivity index (χ1n) is 12.1. The minimum atomic E-state index is -0.461. The van der Waals surface area contributed by atoms with Gasteiger partial charge in [0.2, 0.25) is 0 Å². The summed E-state index contributed by atoms with van der Waals surface area (Å²) in [5, 5.41) is 4.75. The highest BCUT2D eigenvalue weighted by Crippen LogP contribution is 2.26. The summed E-state index contributed by atoms with van der Waals surface area (Å²) in [5.41, 5.74) is 1.61. The van der Waals surface area contributed by atoms with Gasteiger partial charge in [0.15, 0.2) is 0 Å². The van der Waals surface area contributed by atoms with Gasteiger partial charge in [0.25, 0.3) is 0 Å². The fraction of sp³-hybridized carbons (Fsp3) is 0.560. The highest BCUT2D eigenvalue weighted by Gasteiger charge is 2.25. The lowest BCUT2D eigenvalue weighted by atomic mass is 10.2. The van der Waals surface area contributed by atoms with Crippen molar-refractivity contribution in [3.63, 3.8) is 0 Å². The predicted octanol–water partition coefficient (Wildman–Crippen LogP) is 4.72. The second-order valence-corrected chi connectivity index (χ2v) is 10.4. The largest absolute Gasteiger partial charge is 0.444 e. The van der Waals surface area contributed by atoms with Gasteiger partial charge < -0.3 is 24.8 Å². The van der Waals surface area contributed by atoms with E-state index in [-0.39, 0.29) is 6.09 Å². The number of aromatic nitrogens is 2. The average Bonchev–Trinajstić information content (AvgIpc) is 3.23. The average molecular weight is 524 g/mol. The third-order valence-electron chi connectivity index (χ3n) is 5.67. The second kappa shape index (κ2) is 13.1. The van der Waals surface area contributed by atoms with Gasteiger partial charge >= 0.3 is 6.09 Å². The van der Waals surface area contributed by atoms with E-state index in [4.69, 9.17) is 27.9 Å². The molecule has 0 aliphatic carbocycles. The van der Waals surface area contributed by atoms with E-state index in [9.17, 15) is 4.79 Å². The van der Waals surface area contributed by atoms with Crippen molar-refractivity contribution >= 4 is 40.7 Å². The Balaban J connectivity index is 0.000000211. The first kappa shape index (κ1) is 27.3. The van der Waals surface area contributed by atoms with Crippen molar-refractivity contribution in [3.8, 4) is 0 Å². The van der Waals surface area contributed by atoms with Crippen molar-refractivity contribution in [2.45, 2.75) is 39.2 Å². The van der Waals surface area contributed by atoms with Gasteiger partial charge in [0, 0.05) is 70.6 Å². The zero-order valence-electron chi connectivity index (χ0n) is 20.8. The summed E-state index contributed by atoms with van der Waals surface area (Å²) in [6, 6.07) is 3.89. The number of amides is 1. The zero-order valence-corrected chi connectivity index (χ0v) is 22.4. The van der Waals surface area contributed by atoms with Crippen molar-refractivity contribution < 1.29 is 9.53 Å². The molecule has 2 fully saturated rings.